The fourth-order valence-electron chi connectivity index (χ4n) is 4.33. The number of hydrogen-bond acceptors (Lipinski definition) is 6. The van der Waals surface area contributed by atoms with E-state index in [0.29, 0.717) is 18.4 Å². The minimum atomic E-state index is -1.24. The highest BCUT2D eigenvalue weighted by Gasteiger charge is 2.47. The Labute approximate surface area is 212 Å². The van der Waals surface area contributed by atoms with Crippen LogP contribution in [0.4, 0.5) is 4.79 Å². The molecule has 1 aliphatic heterocycles. The van der Waals surface area contributed by atoms with Gasteiger partial charge in [0.15, 0.2) is 5.78 Å². The summed E-state index contributed by atoms with van der Waals surface area (Å²) in [7, 11) is 0. The maximum atomic E-state index is 13.5. The Kier molecular flexibility index (Phi) is 9.95. The Morgan fingerprint density at radius 1 is 1.06 bits per heavy atom. The third-order valence-corrected chi connectivity index (χ3v) is 6.18. The van der Waals surface area contributed by atoms with E-state index in [4.69, 9.17) is 4.74 Å². The number of ketones is 1. The zero-order valence-electron chi connectivity index (χ0n) is 21.6. The zero-order chi connectivity index (χ0) is 27.0. The van der Waals surface area contributed by atoms with Crippen molar-refractivity contribution in [3.05, 3.63) is 48.6 Å². The van der Waals surface area contributed by atoms with Crippen LogP contribution in [0.15, 0.2) is 43.0 Å². The van der Waals surface area contributed by atoms with Crippen molar-refractivity contribution in [2.75, 3.05) is 0 Å². The molecule has 1 aliphatic rings. The number of rotatable bonds is 11. The molecule has 0 aliphatic carbocycles. The lowest BCUT2D eigenvalue weighted by molar-refractivity contribution is -0.137. The van der Waals surface area contributed by atoms with Crippen LogP contribution < -0.4 is 16.0 Å². The van der Waals surface area contributed by atoms with Gasteiger partial charge in [0.2, 0.25) is 17.7 Å². The first kappa shape index (κ1) is 28.7. The first-order chi connectivity index (χ1) is 16.9. The smallest absolute Gasteiger partial charge is 0.408 e. The minimum Gasteiger partial charge on any atom is -0.444 e. The van der Waals surface area contributed by atoms with Crippen LogP contribution >= 0.6 is 0 Å². The van der Waals surface area contributed by atoms with E-state index in [1.807, 2.05) is 19.9 Å². The molecule has 3 N–H and O–H groups in total. The van der Waals surface area contributed by atoms with E-state index in [1.165, 1.54) is 6.08 Å². The van der Waals surface area contributed by atoms with E-state index in [1.54, 1.807) is 45.0 Å². The molecule has 1 fully saturated rings. The van der Waals surface area contributed by atoms with Crippen LogP contribution in [-0.2, 0) is 23.9 Å². The van der Waals surface area contributed by atoms with E-state index in [9.17, 15) is 24.0 Å². The largest absolute Gasteiger partial charge is 0.444 e. The van der Waals surface area contributed by atoms with Gasteiger partial charge in [-0.3, -0.25) is 24.5 Å². The predicted octanol–water partition coefficient (Wildman–Crippen LogP) is 3.21. The molecule has 0 aromatic heterocycles. The fraction of sp³-hybridized carbons (Fsp3) is 0.519. The Bertz CT molecular complexity index is 981. The summed E-state index contributed by atoms with van der Waals surface area (Å²) in [5.74, 6) is -4.74. The number of ether oxygens (including phenoxy) is 1. The number of hydrogen-bond donors (Lipinski definition) is 3. The normalized spacial score (nSPS) is 19.3. The number of amides is 4. The number of benzene rings is 1. The molecule has 9 heteroatoms. The molecular weight excluding hydrogens is 462 g/mol. The SMILES string of the molecule is C=C[C@@H]1C(=O)NC(=O)[C@H]1C(=O)C(NC(=O)C[C@H](NC(=O)OC(C)(C)C)c1ccccc1)C(CC)CC. The molecule has 36 heavy (non-hydrogen) atoms. The number of carbonyl (C=O) groups excluding carboxylic acids is 5. The van der Waals surface area contributed by atoms with Gasteiger partial charge in [-0.1, -0.05) is 63.1 Å². The first-order valence-corrected chi connectivity index (χ1v) is 12.3. The molecule has 0 saturated carbocycles. The number of nitrogens with one attached hydrogen (secondary N) is 3. The second-order valence-corrected chi connectivity index (χ2v) is 9.93. The van der Waals surface area contributed by atoms with Crippen LogP contribution in [-0.4, -0.2) is 41.2 Å². The summed E-state index contributed by atoms with van der Waals surface area (Å²) >= 11 is 0. The van der Waals surface area contributed by atoms with Crippen LogP contribution in [0.1, 0.15) is 65.5 Å². The summed E-state index contributed by atoms with van der Waals surface area (Å²) in [6.45, 7) is 12.6. The van der Waals surface area contributed by atoms with Gasteiger partial charge in [0.1, 0.15) is 11.5 Å². The number of alkyl carbamates (subject to hydrolysis) is 1. The maximum absolute atomic E-state index is 13.5. The monoisotopic (exact) mass is 499 g/mol. The topological polar surface area (TPSA) is 131 Å². The molecule has 4 amide bonds. The van der Waals surface area contributed by atoms with Gasteiger partial charge in [-0.2, -0.15) is 0 Å². The summed E-state index contributed by atoms with van der Waals surface area (Å²) in [5.41, 5.74) is -0.0296. The standard InChI is InChI=1S/C27H37N3O6/c1-7-16(8-2)22(23(32)21-18(9-3)24(33)30-25(21)34)29-20(31)15-19(17-13-11-10-12-14-17)28-26(35)36-27(4,5)6/h9-14,16,18-19,21-22H,3,7-8,15H2,1-2,4-6H3,(H,28,35)(H,29,31)(H,30,33,34)/t18-,19-,21+,22?/m0/s1. The Hall–Kier alpha value is -3.49. The number of carbonyl (C=O) groups is 5. The number of Topliss-reactive ketones (excluding diaryl/α,β-unsaturated/α-hetero) is 1. The lowest BCUT2D eigenvalue weighted by Crippen LogP contribution is -2.50. The van der Waals surface area contributed by atoms with E-state index >= 15 is 0 Å². The van der Waals surface area contributed by atoms with Crippen molar-refractivity contribution in [3.8, 4) is 0 Å². The summed E-state index contributed by atoms with van der Waals surface area (Å²) in [6, 6.07) is 7.27. The molecule has 1 aromatic carbocycles. The van der Waals surface area contributed by atoms with Crippen molar-refractivity contribution in [2.24, 2.45) is 17.8 Å². The minimum absolute atomic E-state index is 0.159. The molecule has 0 spiro atoms. The number of imide groups is 1. The Balaban J connectivity index is 2.27. The van der Waals surface area contributed by atoms with Crippen LogP contribution in [0.5, 0.6) is 0 Å². The molecule has 1 unspecified atom stereocenters. The van der Waals surface area contributed by atoms with Crippen molar-refractivity contribution in [3.63, 3.8) is 0 Å². The van der Waals surface area contributed by atoms with Crippen molar-refractivity contribution in [1.82, 2.24) is 16.0 Å². The van der Waals surface area contributed by atoms with Crippen molar-refractivity contribution < 1.29 is 28.7 Å². The van der Waals surface area contributed by atoms with Crippen LogP contribution in [0.25, 0.3) is 0 Å². The Morgan fingerprint density at radius 2 is 1.67 bits per heavy atom. The summed E-state index contributed by atoms with van der Waals surface area (Å²) in [5, 5.41) is 7.71. The summed E-state index contributed by atoms with van der Waals surface area (Å²) in [6.07, 6.45) is 1.60. The van der Waals surface area contributed by atoms with Gasteiger partial charge in [0, 0.05) is 0 Å². The lowest BCUT2D eigenvalue weighted by atomic mass is 9.81. The van der Waals surface area contributed by atoms with E-state index < -0.39 is 59.1 Å². The molecule has 4 atom stereocenters. The molecule has 2 rings (SSSR count). The molecule has 0 radical (unpaired) electrons. The van der Waals surface area contributed by atoms with Gasteiger partial charge in [0.25, 0.3) is 0 Å². The van der Waals surface area contributed by atoms with Gasteiger partial charge in [-0.15, -0.1) is 6.58 Å². The first-order valence-electron chi connectivity index (χ1n) is 12.3. The fourth-order valence-corrected chi connectivity index (χ4v) is 4.33. The van der Waals surface area contributed by atoms with Crippen LogP contribution in [0, 0.1) is 17.8 Å². The van der Waals surface area contributed by atoms with E-state index in [2.05, 4.69) is 22.5 Å². The third kappa shape index (κ3) is 7.50. The summed E-state index contributed by atoms with van der Waals surface area (Å²) in [4.78, 5) is 63.7. The molecule has 1 aromatic rings. The van der Waals surface area contributed by atoms with Gasteiger partial charge in [0.05, 0.1) is 24.4 Å². The van der Waals surface area contributed by atoms with Crippen molar-refractivity contribution in [1.29, 1.82) is 0 Å². The van der Waals surface area contributed by atoms with Crippen molar-refractivity contribution in [2.45, 2.75) is 71.6 Å². The van der Waals surface area contributed by atoms with Gasteiger partial charge in [-0.25, -0.2) is 4.79 Å². The second kappa shape index (κ2) is 12.5. The highest BCUT2D eigenvalue weighted by Crippen LogP contribution is 2.27. The van der Waals surface area contributed by atoms with Gasteiger partial charge in [-0.05, 0) is 32.3 Å². The average molecular weight is 500 g/mol. The van der Waals surface area contributed by atoms with Gasteiger partial charge < -0.3 is 15.4 Å². The maximum Gasteiger partial charge on any atom is 0.408 e. The van der Waals surface area contributed by atoms with Crippen LogP contribution in [0.3, 0.4) is 0 Å². The van der Waals surface area contributed by atoms with Crippen molar-refractivity contribution >= 4 is 29.6 Å². The molecule has 196 valence electrons. The zero-order valence-corrected chi connectivity index (χ0v) is 21.6. The quantitative estimate of drug-likeness (QED) is 0.243. The van der Waals surface area contributed by atoms with Gasteiger partial charge >= 0.3 is 6.09 Å². The van der Waals surface area contributed by atoms with E-state index in [0.717, 1.165) is 0 Å². The predicted molar refractivity (Wildman–Crippen MR) is 135 cm³/mol. The molecule has 0 bridgehead atoms. The second-order valence-electron chi connectivity index (χ2n) is 9.93. The Morgan fingerprint density at radius 3 is 2.19 bits per heavy atom. The van der Waals surface area contributed by atoms with E-state index in [-0.39, 0.29) is 12.3 Å². The molecular formula is C27H37N3O6. The molecule has 9 nitrogen and oxygen atoms in total. The summed E-state index contributed by atoms with van der Waals surface area (Å²) < 4.78 is 5.36. The lowest BCUT2D eigenvalue weighted by Gasteiger charge is -2.29. The average Bonchev–Trinajstić information content (AvgIpc) is 3.10. The molecule has 1 saturated heterocycles. The molecule has 1 heterocycles. The van der Waals surface area contributed by atoms with Crippen LogP contribution in [0.2, 0.25) is 0 Å². The third-order valence-electron chi connectivity index (χ3n) is 6.18. The highest BCUT2D eigenvalue weighted by atomic mass is 16.6. The highest BCUT2D eigenvalue weighted by molar-refractivity contribution is 6.17.